The first-order valence-electron chi connectivity index (χ1n) is 12.9. The zero-order chi connectivity index (χ0) is 28.2. The van der Waals surface area contributed by atoms with E-state index in [0.29, 0.717) is 23.0 Å². The van der Waals surface area contributed by atoms with Crippen molar-refractivity contribution in [3.8, 4) is 0 Å². The third-order valence-corrected chi connectivity index (χ3v) is 7.91. The van der Waals surface area contributed by atoms with E-state index in [-0.39, 0.29) is 38.3 Å². The van der Waals surface area contributed by atoms with Crippen LogP contribution in [-0.2, 0) is 0 Å². The average Bonchev–Trinajstić information content (AvgIpc) is 3.42. The van der Waals surface area contributed by atoms with Crippen LogP contribution >= 0.6 is 23.2 Å². The molecule has 0 atom stereocenters. The molecule has 7 rings (SSSR count). The normalized spacial score (nSPS) is 14.1. The molecule has 0 unspecified atom stereocenters. The van der Waals surface area contributed by atoms with Crippen LogP contribution in [0.3, 0.4) is 0 Å². The van der Waals surface area contributed by atoms with Crippen molar-refractivity contribution in [1.82, 2.24) is 9.97 Å². The molecule has 2 aliphatic rings. The number of carbonyl (C=O) groups excluding carboxylic acids is 2. The minimum absolute atomic E-state index is 0.0777. The van der Waals surface area contributed by atoms with Crippen molar-refractivity contribution < 1.29 is 9.59 Å². The van der Waals surface area contributed by atoms with Gasteiger partial charge in [0.1, 0.15) is 5.82 Å². The fourth-order valence-corrected chi connectivity index (χ4v) is 5.64. The van der Waals surface area contributed by atoms with Gasteiger partial charge >= 0.3 is 0 Å². The van der Waals surface area contributed by atoms with E-state index in [1.807, 2.05) is 101 Å². The predicted octanol–water partition coefficient (Wildman–Crippen LogP) is 8.46. The van der Waals surface area contributed by atoms with Gasteiger partial charge in [-0.15, -0.1) is 0 Å². The molecule has 8 heteroatoms. The van der Waals surface area contributed by atoms with E-state index in [1.54, 1.807) is 6.92 Å². The first-order chi connectivity index (χ1) is 19.9. The van der Waals surface area contributed by atoms with Gasteiger partial charge in [-0.2, -0.15) is 0 Å². The highest BCUT2D eigenvalue weighted by atomic mass is 35.5. The number of ketones is 2. The molecule has 0 fully saturated rings. The maximum Gasteiger partial charge on any atom is 0.198 e. The lowest BCUT2D eigenvalue weighted by molar-refractivity contribution is 0.0987. The van der Waals surface area contributed by atoms with E-state index in [0.717, 1.165) is 22.4 Å². The van der Waals surface area contributed by atoms with E-state index < -0.39 is 0 Å². The summed E-state index contributed by atoms with van der Waals surface area (Å²) in [6, 6.07) is 30.3. The van der Waals surface area contributed by atoms with Gasteiger partial charge in [-0.3, -0.25) is 19.4 Å². The highest BCUT2D eigenvalue weighted by molar-refractivity contribution is 6.45. The van der Waals surface area contributed by atoms with Crippen molar-refractivity contribution in [1.29, 1.82) is 0 Å². The Morgan fingerprint density at radius 1 is 0.659 bits per heavy atom. The molecule has 0 bridgehead atoms. The molecule has 0 N–H and O–H groups in total. The fraction of sp³-hybridized carbons (Fsp3) is 0.0303. The first kappa shape index (κ1) is 25.2. The SMILES string of the molecule is CC(C=C1N(c2ccccc2)c2nc3ccccc3nc2N1c1ccccc1)=C1C(=O)c2cc(Cl)c(Cl)cc2C1=O. The molecule has 1 aliphatic carbocycles. The first-order valence-corrected chi connectivity index (χ1v) is 13.7. The van der Waals surface area contributed by atoms with Gasteiger partial charge in [0.2, 0.25) is 0 Å². The Hall–Kier alpha value is -4.78. The van der Waals surface area contributed by atoms with Crippen LogP contribution in [0.5, 0.6) is 0 Å². The Bertz CT molecular complexity index is 1840. The van der Waals surface area contributed by atoms with Crippen LogP contribution in [0, 0.1) is 0 Å². The number of hydrogen-bond donors (Lipinski definition) is 0. The number of hydrogen-bond acceptors (Lipinski definition) is 6. The van der Waals surface area contributed by atoms with Gasteiger partial charge in [0.05, 0.1) is 26.7 Å². The zero-order valence-electron chi connectivity index (χ0n) is 21.7. The molecular formula is C33H20Cl2N4O2. The lowest BCUT2D eigenvalue weighted by Crippen LogP contribution is -2.22. The van der Waals surface area contributed by atoms with Gasteiger partial charge in [0, 0.05) is 22.5 Å². The molecule has 0 spiro atoms. The van der Waals surface area contributed by atoms with Gasteiger partial charge in [-0.1, -0.05) is 71.7 Å². The minimum Gasteiger partial charge on any atom is -0.288 e. The molecule has 0 radical (unpaired) electrons. The molecule has 5 aromatic rings. The van der Waals surface area contributed by atoms with E-state index in [9.17, 15) is 9.59 Å². The van der Waals surface area contributed by atoms with Crippen molar-refractivity contribution in [3.63, 3.8) is 0 Å². The average molecular weight is 575 g/mol. The number of carbonyl (C=O) groups is 2. The van der Waals surface area contributed by atoms with Gasteiger partial charge in [0.15, 0.2) is 23.2 Å². The van der Waals surface area contributed by atoms with Crippen molar-refractivity contribution in [2.24, 2.45) is 0 Å². The maximum absolute atomic E-state index is 13.5. The number of rotatable bonds is 3. The minimum atomic E-state index is -0.382. The second-order valence-corrected chi connectivity index (χ2v) is 10.5. The van der Waals surface area contributed by atoms with E-state index in [4.69, 9.17) is 33.2 Å². The van der Waals surface area contributed by atoms with Crippen LogP contribution in [0.15, 0.2) is 120 Å². The number of para-hydroxylation sites is 4. The Kier molecular flexibility index (Phi) is 5.96. The fourth-order valence-electron chi connectivity index (χ4n) is 5.31. The van der Waals surface area contributed by atoms with Crippen LogP contribution in [0.1, 0.15) is 27.6 Å². The van der Waals surface area contributed by atoms with Crippen molar-refractivity contribution in [3.05, 3.63) is 141 Å². The number of halogens is 2. The van der Waals surface area contributed by atoms with Crippen LogP contribution in [0.4, 0.5) is 23.0 Å². The Morgan fingerprint density at radius 3 is 1.51 bits per heavy atom. The van der Waals surface area contributed by atoms with Crippen molar-refractivity contribution in [2.45, 2.75) is 6.92 Å². The molecule has 0 amide bonds. The van der Waals surface area contributed by atoms with Gasteiger partial charge < -0.3 is 0 Å². The molecule has 0 saturated heterocycles. The van der Waals surface area contributed by atoms with Crippen LogP contribution in [-0.4, -0.2) is 21.5 Å². The summed E-state index contributed by atoms with van der Waals surface area (Å²) in [6.45, 7) is 1.76. The standard InChI is InChI=1S/C33H20Cl2N4O2/c1-19(29-30(40)22-17-24(34)25(35)18-23(22)31(29)41)16-28-38(20-10-4-2-5-11-20)32-33(39(28)21-12-6-3-7-13-21)37-27-15-9-8-14-26(27)36-32/h2-18H,1H3. The number of allylic oxidation sites excluding steroid dienone is 3. The molecule has 41 heavy (non-hydrogen) atoms. The third kappa shape index (κ3) is 4.03. The summed E-state index contributed by atoms with van der Waals surface area (Å²) in [5.74, 6) is 1.17. The summed E-state index contributed by atoms with van der Waals surface area (Å²) in [5, 5.41) is 0.453. The molecule has 4 aromatic carbocycles. The Balaban J connectivity index is 1.49. The summed E-state index contributed by atoms with van der Waals surface area (Å²) in [7, 11) is 0. The number of benzene rings is 4. The van der Waals surface area contributed by atoms with E-state index in [1.165, 1.54) is 12.1 Å². The number of anilines is 4. The highest BCUT2D eigenvalue weighted by Crippen LogP contribution is 2.48. The van der Waals surface area contributed by atoms with Crippen molar-refractivity contribution >= 4 is 68.8 Å². The highest BCUT2D eigenvalue weighted by Gasteiger charge is 2.39. The second-order valence-electron chi connectivity index (χ2n) is 9.73. The smallest absolute Gasteiger partial charge is 0.198 e. The number of aromatic nitrogens is 2. The van der Waals surface area contributed by atoms with Crippen LogP contribution in [0.25, 0.3) is 11.0 Å². The van der Waals surface area contributed by atoms with Gasteiger partial charge in [-0.05, 0) is 67.1 Å². The van der Waals surface area contributed by atoms with Crippen molar-refractivity contribution in [2.75, 3.05) is 9.80 Å². The second kappa shape index (κ2) is 9.70. The lowest BCUT2D eigenvalue weighted by atomic mass is 10.0. The monoisotopic (exact) mass is 574 g/mol. The maximum atomic E-state index is 13.5. The van der Waals surface area contributed by atoms with Crippen LogP contribution in [0.2, 0.25) is 10.0 Å². The van der Waals surface area contributed by atoms with E-state index in [2.05, 4.69) is 0 Å². The number of nitrogens with zero attached hydrogens (tertiary/aromatic N) is 4. The molecule has 198 valence electrons. The summed E-state index contributed by atoms with van der Waals surface area (Å²) < 4.78 is 0. The molecule has 1 aliphatic heterocycles. The summed E-state index contributed by atoms with van der Waals surface area (Å²) in [5.41, 5.74) is 4.29. The molecule has 0 saturated carbocycles. The van der Waals surface area contributed by atoms with Gasteiger partial charge in [-0.25, -0.2) is 9.97 Å². The molecule has 6 nitrogen and oxygen atoms in total. The molecular weight excluding hydrogens is 555 g/mol. The third-order valence-electron chi connectivity index (χ3n) is 7.19. The Labute approximate surface area is 245 Å². The summed E-state index contributed by atoms with van der Waals surface area (Å²) in [6.07, 6.45) is 1.84. The predicted molar refractivity (Wildman–Crippen MR) is 163 cm³/mol. The van der Waals surface area contributed by atoms with E-state index >= 15 is 0 Å². The summed E-state index contributed by atoms with van der Waals surface area (Å²) >= 11 is 12.4. The molecule has 2 heterocycles. The summed E-state index contributed by atoms with van der Waals surface area (Å²) in [4.78, 5) is 41.1. The van der Waals surface area contributed by atoms with Crippen LogP contribution < -0.4 is 9.80 Å². The topological polar surface area (TPSA) is 66.4 Å². The lowest BCUT2D eigenvalue weighted by Gasteiger charge is -2.25. The zero-order valence-corrected chi connectivity index (χ0v) is 23.2. The largest absolute Gasteiger partial charge is 0.288 e. The number of Topliss-reactive ketones (excluding diaryl/α,β-unsaturated/α-hetero) is 2. The quantitative estimate of drug-likeness (QED) is 0.159. The Morgan fingerprint density at radius 2 is 1.07 bits per heavy atom. The van der Waals surface area contributed by atoms with Gasteiger partial charge in [0.25, 0.3) is 0 Å². The number of fused-ring (bicyclic) bond motifs is 3. The molecule has 1 aromatic heterocycles.